The van der Waals surface area contributed by atoms with Crippen molar-refractivity contribution in [2.75, 3.05) is 12.0 Å². The highest BCUT2D eigenvalue weighted by Crippen LogP contribution is 2.42. The number of carbonyl (C=O) groups is 2. The smallest absolute Gasteiger partial charge is 0.300 e. The van der Waals surface area contributed by atoms with Crippen molar-refractivity contribution in [1.29, 1.82) is 0 Å². The van der Waals surface area contributed by atoms with Gasteiger partial charge >= 0.3 is 0 Å². The zero-order valence-corrected chi connectivity index (χ0v) is 17.7. The summed E-state index contributed by atoms with van der Waals surface area (Å²) in [6, 6.07) is 22.3. The van der Waals surface area contributed by atoms with E-state index in [1.807, 2.05) is 30.3 Å². The summed E-state index contributed by atoms with van der Waals surface area (Å²) in [7, 11) is 1.54. The molecule has 0 unspecified atom stereocenters. The van der Waals surface area contributed by atoms with Crippen molar-refractivity contribution in [3.05, 3.63) is 100 Å². The molecular formula is C24H18BrNO4. The first kappa shape index (κ1) is 19.9. The lowest BCUT2D eigenvalue weighted by Gasteiger charge is -2.25. The summed E-state index contributed by atoms with van der Waals surface area (Å²) in [5, 5.41) is 11.0. The number of nitrogens with zero attached hydrogens (tertiary/aromatic N) is 1. The maximum Gasteiger partial charge on any atom is 0.300 e. The standard InChI is InChI=1S/C24H18BrNO4/c1-30-19-9-5-8-18(14-19)26-21(15-10-12-17(25)13-11-15)20(23(28)24(26)29)22(27)16-6-3-2-4-7-16/h2-14,21,27H,1H3/b22-20+/t21-/m0/s1. The van der Waals surface area contributed by atoms with Crippen molar-refractivity contribution >= 4 is 39.1 Å². The van der Waals surface area contributed by atoms with Gasteiger partial charge in [-0.3, -0.25) is 14.5 Å². The molecular weight excluding hydrogens is 446 g/mol. The number of amides is 1. The first-order chi connectivity index (χ1) is 14.5. The summed E-state index contributed by atoms with van der Waals surface area (Å²) in [4.78, 5) is 27.5. The van der Waals surface area contributed by atoms with E-state index in [1.54, 1.807) is 48.5 Å². The largest absolute Gasteiger partial charge is 0.507 e. The Morgan fingerprint density at radius 2 is 1.67 bits per heavy atom. The maximum atomic E-state index is 13.1. The molecule has 0 aliphatic carbocycles. The minimum atomic E-state index is -0.773. The van der Waals surface area contributed by atoms with E-state index in [0.29, 0.717) is 22.6 Å². The van der Waals surface area contributed by atoms with Crippen LogP contribution in [0.5, 0.6) is 5.75 Å². The second-order valence-electron chi connectivity index (χ2n) is 6.79. The van der Waals surface area contributed by atoms with Gasteiger partial charge < -0.3 is 9.84 Å². The lowest BCUT2D eigenvalue weighted by atomic mass is 9.95. The van der Waals surface area contributed by atoms with Gasteiger partial charge in [0, 0.05) is 21.8 Å². The fourth-order valence-electron chi connectivity index (χ4n) is 3.57. The lowest BCUT2D eigenvalue weighted by Crippen LogP contribution is -2.29. The van der Waals surface area contributed by atoms with E-state index >= 15 is 0 Å². The summed E-state index contributed by atoms with van der Waals surface area (Å²) in [5.74, 6) is -1.07. The van der Waals surface area contributed by atoms with Crippen LogP contribution < -0.4 is 9.64 Å². The predicted molar refractivity (Wildman–Crippen MR) is 118 cm³/mol. The Morgan fingerprint density at radius 3 is 2.33 bits per heavy atom. The summed E-state index contributed by atoms with van der Waals surface area (Å²) in [6.45, 7) is 0. The van der Waals surface area contributed by atoms with Crippen LogP contribution in [0.3, 0.4) is 0 Å². The summed E-state index contributed by atoms with van der Waals surface area (Å²) < 4.78 is 6.15. The average Bonchev–Trinajstić information content (AvgIpc) is 3.05. The van der Waals surface area contributed by atoms with Crippen molar-refractivity contribution in [1.82, 2.24) is 0 Å². The molecule has 3 aromatic carbocycles. The number of ether oxygens (including phenoxy) is 1. The highest BCUT2D eigenvalue weighted by atomic mass is 79.9. The molecule has 0 spiro atoms. The molecule has 0 radical (unpaired) electrons. The number of benzene rings is 3. The Bertz CT molecular complexity index is 1140. The fraction of sp³-hybridized carbons (Fsp3) is 0.0833. The second kappa shape index (κ2) is 8.16. The molecule has 1 amide bonds. The monoisotopic (exact) mass is 463 g/mol. The Hall–Kier alpha value is -3.38. The topological polar surface area (TPSA) is 66.8 Å². The first-order valence-electron chi connectivity index (χ1n) is 9.27. The van der Waals surface area contributed by atoms with Crippen LogP contribution in [0.2, 0.25) is 0 Å². The zero-order valence-electron chi connectivity index (χ0n) is 16.1. The third-order valence-electron chi connectivity index (χ3n) is 5.01. The molecule has 1 heterocycles. The van der Waals surface area contributed by atoms with Gasteiger partial charge in [0.1, 0.15) is 11.5 Å². The highest BCUT2D eigenvalue weighted by molar-refractivity contribution is 9.10. The molecule has 1 saturated heterocycles. The van der Waals surface area contributed by atoms with Gasteiger partial charge in [0.2, 0.25) is 0 Å². The van der Waals surface area contributed by atoms with Crippen LogP contribution in [0.4, 0.5) is 5.69 Å². The fourth-order valence-corrected chi connectivity index (χ4v) is 3.84. The molecule has 1 N–H and O–H groups in total. The van der Waals surface area contributed by atoms with Gasteiger partial charge in [-0.1, -0.05) is 64.5 Å². The molecule has 6 heteroatoms. The van der Waals surface area contributed by atoms with Crippen LogP contribution in [0.15, 0.2) is 88.9 Å². The third-order valence-corrected chi connectivity index (χ3v) is 5.54. The number of aliphatic hydroxyl groups excluding tert-OH is 1. The number of Topliss-reactive ketones (excluding diaryl/α,β-unsaturated/α-hetero) is 1. The number of anilines is 1. The normalized spacial score (nSPS) is 17.9. The molecule has 0 bridgehead atoms. The molecule has 150 valence electrons. The van der Waals surface area contributed by atoms with E-state index < -0.39 is 17.7 Å². The summed E-state index contributed by atoms with van der Waals surface area (Å²) >= 11 is 3.41. The van der Waals surface area contributed by atoms with Gasteiger partial charge in [0.05, 0.1) is 18.7 Å². The number of methoxy groups -OCH3 is 1. The highest BCUT2D eigenvalue weighted by Gasteiger charge is 2.47. The Labute approximate surface area is 182 Å². The van der Waals surface area contributed by atoms with Crippen molar-refractivity contribution in [2.24, 2.45) is 0 Å². The van der Waals surface area contributed by atoms with Crippen molar-refractivity contribution in [3.63, 3.8) is 0 Å². The molecule has 0 saturated carbocycles. The number of ketones is 1. The number of hydrogen-bond acceptors (Lipinski definition) is 4. The number of aliphatic hydroxyl groups is 1. The van der Waals surface area contributed by atoms with Crippen molar-refractivity contribution in [3.8, 4) is 5.75 Å². The quantitative estimate of drug-likeness (QED) is 0.332. The number of carbonyl (C=O) groups excluding carboxylic acids is 2. The lowest BCUT2D eigenvalue weighted by molar-refractivity contribution is -0.132. The van der Waals surface area contributed by atoms with Crippen molar-refractivity contribution < 1.29 is 19.4 Å². The van der Waals surface area contributed by atoms with Crippen LogP contribution in [-0.2, 0) is 9.59 Å². The van der Waals surface area contributed by atoms with Crippen LogP contribution in [0, 0.1) is 0 Å². The van der Waals surface area contributed by atoms with E-state index in [9.17, 15) is 14.7 Å². The number of halogens is 1. The minimum absolute atomic E-state index is 0.0522. The summed E-state index contributed by atoms with van der Waals surface area (Å²) in [5.41, 5.74) is 1.74. The molecule has 3 aromatic rings. The van der Waals surface area contributed by atoms with Gasteiger partial charge in [-0.2, -0.15) is 0 Å². The van der Waals surface area contributed by atoms with E-state index in [1.165, 1.54) is 12.0 Å². The second-order valence-corrected chi connectivity index (χ2v) is 7.70. The van der Waals surface area contributed by atoms with Gasteiger partial charge in [0.25, 0.3) is 11.7 Å². The number of hydrogen-bond donors (Lipinski definition) is 1. The maximum absolute atomic E-state index is 13.1. The molecule has 1 atom stereocenters. The molecule has 1 aliphatic rings. The Balaban J connectivity index is 1.94. The van der Waals surface area contributed by atoms with Gasteiger partial charge in [-0.15, -0.1) is 0 Å². The van der Waals surface area contributed by atoms with Crippen LogP contribution in [0.25, 0.3) is 5.76 Å². The Kier molecular flexibility index (Phi) is 5.42. The third kappa shape index (κ3) is 3.50. The van der Waals surface area contributed by atoms with Gasteiger partial charge in [0.15, 0.2) is 0 Å². The van der Waals surface area contributed by atoms with E-state index in [-0.39, 0.29) is 11.3 Å². The van der Waals surface area contributed by atoms with E-state index in [4.69, 9.17) is 4.74 Å². The SMILES string of the molecule is COc1cccc(N2C(=O)C(=O)/C(=C(/O)c3ccccc3)[C@@H]2c2ccc(Br)cc2)c1. The van der Waals surface area contributed by atoms with Gasteiger partial charge in [-0.25, -0.2) is 0 Å². The predicted octanol–water partition coefficient (Wildman–Crippen LogP) is 5.08. The average molecular weight is 464 g/mol. The first-order valence-corrected chi connectivity index (χ1v) is 10.1. The summed E-state index contributed by atoms with van der Waals surface area (Å²) in [6.07, 6.45) is 0. The number of rotatable bonds is 4. The van der Waals surface area contributed by atoms with Crippen LogP contribution in [0.1, 0.15) is 17.2 Å². The van der Waals surface area contributed by atoms with Crippen molar-refractivity contribution in [2.45, 2.75) is 6.04 Å². The molecule has 5 nitrogen and oxygen atoms in total. The van der Waals surface area contributed by atoms with Crippen LogP contribution >= 0.6 is 15.9 Å². The molecule has 0 aromatic heterocycles. The molecule has 1 fully saturated rings. The molecule has 4 rings (SSSR count). The molecule has 1 aliphatic heterocycles. The molecule has 30 heavy (non-hydrogen) atoms. The van der Waals surface area contributed by atoms with E-state index in [2.05, 4.69) is 15.9 Å². The Morgan fingerprint density at radius 1 is 0.967 bits per heavy atom. The van der Waals surface area contributed by atoms with E-state index in [0.717, 1.165) is 4.47 Å². The zero-order chi connectivity index (χ0) is 21.3. The van der Waals surface area contributed by atoms with Gasteiger partial charge in [-0.05, 0) is 29.8 Å². The minimum Gasteiger partial charge on any atom is -0.507 e. The van der Waals surface area contributed by atoms with Crippen LogP contribution in [-0.4, -0.2) is 23.9 Å².